The van der Waals surface area contributed by atoms with Gasteiger partial charge in [0.2, 0.25) is 0 Å². The zero-order valence-corrected chi connectivity index (χ0v) is 33.7. The SMILES string of the molecule is CC1(C)c2ccccc2-c2ccc(N(c3cc(-c4ccc5c(c4)c4ccccc4n5-c4ccccc4)cc(N(c4ccc(F)cc4)c4ccccn4)c3)c3ccccn3)cc21. The van der Waals surface area contributed by atoms with Crippen molar-refractivity contribution in [3.8, 4) is 27.9 Å². The lowest BCUT2D eigenvalue weighted by atomic mass is 9.82. The van der Waals surface area contributed by atoms with Gasteiger partial charge in [0.25, 0.3) is 0 Å². The van der Waals surface area contributed by atoms with Crippen LogP contribution in [-0.2, 0) is 5.41 Å². The van der Waals surface area contributed by atoms with Crippen LogP contribution in [0.25, 0.3) is 49.7 Å². The molecule has 3 heterocycles. The minimum atomic E-state index is -0.301. The van der Waals surface area contributed by atoms with Gasteiger partial charge in [-0.15, -0.1) is 0 Å². The summed E-state index contributed by atoms with van der Waals surface area (Å²) in [6.45, 7) is 4.62. The molecule has 7 aromatic carbocycles. The number of anilines is 6. The lowest BCUT2D eigenvalue weighted by Crippen LogP contribution is -2.17. The third kappa shape index (κ3) is 6.15. The highest BCUT2D eigenvalue weighted by Crippen LogP contribution is 2.51. The van der Waals surface area contributed by atoms with Gasteiger partial charge >= 0.3 is 0 Å². The van der Waals surface area contributed by atoms with Crippen molar-refractivity contribution >= 4 is 56.2 Å². The van der Waals surface area contributed by atoms with Crippen LogP contribution in [0, 0.1) is 5.82 Å². The molecule has 0 aliphatic heterocycles. The number of pyridine rings is 2. The Morgan fingerprint density at radius 2 is 1.05 bits per heavy atom. The van der Waals surface area contributed by atoms with Crippen LogP contribution in [0.1, 0.15) is 25.0 Å². The van der Waals surface area contributed by atoms with E-state index in [0.717, 1.165) is 61.8 Å². The maximum Gasteiger partial charge on any atom is 0.137 e. The maximum absolute atomic E-state index is 14.5. The van der Waals surface area contributed by atoms with Gasteiger partial charge < -0.3 is 4.57 Å². The Morgan fingerprint density at radius 1 is 0.443 bits per heavy atom. The molecule has 0 radical (unpaired) electrons. The summed E-state index contributed by atoms with van der Waals surface area (Å²) >= 11 is 0. The first-order valence-electron chi connectivity index (χ1n) is 20.6. The van der Waals surface area contributed by atoms with Gasteiger partial charge in [-0.05, 0) is 143 Å². The molecule has 0 amide bonds. The first kappa shape index (κ1) is 36.3. The van der Waals surface area contributed by atoms with E-state index in [9.17, 15) is 4.39 Å². The van der Waals surface area contributed by atoms with Crippen molar-refractivity contribution < 1.29 is 4.39 Å². The topological polar surface area (TPSA) is 37.2 Å². The van der Waals surface area contributed by atoms with E-state index in [0.29, 0.717) is 5.82 Å². The molecule has 0 saturated carbocycles. The first-order valence-corrected chi connectivity index (χ1v) is 20.6. The van der Waals surface area contributed by atoms with Crippen LogP contribution in [0.5, 0.6) is 0 Å². The highest BCUT2D eigenvalue weighted by atomic mass is 19.1. The van der Waals surface area contributed by atoms with Crippen LogP contribution >= 0.6 is 0 Å². The number of hydrogen-bond acceptors (Lipinski definition) is 4. The zero-order valence-electron chi connectivity index (χ0n) is 33.7. The highest BCUT2D eigenvalue weighted by molar-refractivity contribution is 6.10. The quantitative estimate of drug-likeness (QED) is 0.154. The molecule has 0 atom stereocenters. The third-order valence-corrected chi connectivity index (χ3v) is 12.1. The van der Waals surface area contributed by atoms with E-state index < -0.39 is 0 Å². The molecule has 0 fully saturated rings. The Balaban J connectivity index is 1.16. The number of hydrogen-bond donors (Lipinski definition) is 0. The summed E-state index contributed by atoms with van der Waals surface area (Å²) in [4.78, 5) is 14.1. The molecule has 0 unspecified atom stereocenters. The molecule has 3 aromatic heterocycles. The monoisotopic (exact) mass is 789 g/mol. The van der Waals surface area contributed by atoms with E-state index in [1.54, 1.807) is 18.3 Å². The number of nitrogens with zero attached hydrogens (tertiary/aromatic N) is 5. The van der Waals surface area contributed by atoms with Crippen LogP contribution in [-0.4, -0.2) is 14.5 Å². The van der Waals surface area contributed by atoms with E-state index in [4.69, 9.17) is 9.97 Å². The lowest BCUT2D eigenvalue weighted by Gasteiger charge is -2.30. The summed E-state index contributed by atoms with van der Waals surface area (Å²) in [6.07, 6.45) is 3.63. The summed E-state index contributed by atoms with van der Waals surface area (Å²) in [5.41, 5.74) is 13.9. The standard InChI is InChI=1S/C55H40FN5/c1-55(2)49-18-8-6-16-45(49)46-28-27-42(36-50(46)55)60(54-21-11-13-31-58-54)44-33-38(32-43(35-44)59(53-20-10-12-30-57-53)41-25-23-39(56)24-26-41)37-22-29-52-48(34-37)47-17-7-9-19-51(47)61(52)40-14-4-3-5-15-40/h3-36H,1-2H3. The van der Waals surface area contributed by atoms with Crippen molar-refractivity contribution in [1.82, 2.24) is 14.5 Å². The van der Waals surface area contributed by atoms with Gasteiger partial charge in [-0.25, -0.2) is 14.4 Å². The Labute approximate surface area is 354 Å². The molecule has 5 nitrogen and oxygen atoms in total. The van der Waals surface area contributed by atoms with Crippen molar-refractivity contribution in [2.45, 2.75) is 19.3 Å². The van der Waals surface area contributed by atoms with Crippen molar-refractivity contribution in [1.29, 1.82) is 0 Å². The Bertz CT molecular complexity index is 3230. The fraction of sp³-hybridized carbons (Fsp3) is 0.0545. The summed E-state index contributed by atoms with van der Waals surface area (Å²) in [6, 6.07) is 66.6. The van der Waals surface area contributed by atoms with Gasteiger partial charge in [0.1, 0.15) is 17.5 Å². The fourth-order valence-electron chi connectivity index (χ4n) is 9.25. The molecule has 0 spiro atoms. The number of rotatable bonds is 8. The van der Waals surface area contributed by atoms with Gasteiger partial charge in [0.05, 0.1) is 22.4 Å². The Kier molecular flexibility index (Phi) is 8.60. The zero-order chi connectivity index (χ0) is 41.1. The molecular weight excluding hydrogens is 750 g/mol. The number of para-hydroxylation sites is 2. The van der Waals surface area contributed by atoms with Crippen LogP contribution < -0.4 is 9.80 Å². The van der Waals surface area contributed by atoms with E-state index >= 15 is 0 Å². The number of benzene rings is 7. The lowest BCUT2D eigenvalue weighted by molar-refractivity contribution is 0.628. The Morgan fingerprint density at radius 3 is 1.77 bits per heavy atom. The van der Waals surface area contributed by atoms with Crippen LogP contribution in [0.3, 0.4) is 0 Å². The largest absolute Gasteiger partial charge is 0.309 e. The molecule has 1 aliphatic rings. The van der Waals surface area contributed by atoms with E-state index in [1.807, 2.05) is 36.5 Å². The normalized spacial score (nSPS) is 12.6. The van der Waals surface area contributed by atoms with Crippen LogP contribution in [0.15, 0.2) is 207 Å². The second-order valence-corrected chi connectivity index (χ2v) is 16.1. The molecule has 6 heteroatoms. The summed E-state index contributed by atoms with van der Waals surface area (Å²) < 4.78 is 16.9. The average molecular weight is 790 g/mol. The van der Waals surface area contributed by atoms with E-state index in [-0.39, 0.29) is 11.2 Å². The average Bonchev–Trinajstić information content (AvgIpc) is 3.76. The van der Waals surface area contributed by atoms with Gasteiger partial charge in [0, 0.05) is 45.6 Å². The van der Waals surface area contributed by atoms with Gasteiger partial charge in [-0.2, -0.15) is 0 Å². The minimum absolute atomic E-state index is 0.197. The molecule has 0 bridgehead atoms. The molecule has 11 rings (SSSR count). The maximum atomic E-state index is 14.5. The molecule has 0 saturated heterocycles. The van der Waals surface area contributed by atoms with E-state index in [1.165, 1.54) is 39.8 Å². The smallest absolute Gasteiger partial charge is 0.137 e. The van der Waals surface area contributed by atoms with Crippen molar-refractivity contribution in [3.05, 3.63) is 223 Å². The fourth-order valence-corrected chi connectivity index (χ4v) is 9.25. The molecule has 0 N–H and O–H groups in total. The first-order chi connectivity index (χ1) is 29.9. The van der Waals surface area contributed by atoms with Gasteiger partial charge in [0.15, 0.2) is 0 Å². The second kappa shape index (κ2) is 14.5. The van der Waals surface area contributed by atoms with Crippen LogP contribution in [0.2, 0.25) is 0 Å². The van der Waals surface area contributed by atoms with Crippen molar-refractivity contribution in [2.24, 2.45) is 0 Å². The van der Waals surface area contributed by atoms with Crippen molar-refractivity contribution in [2.75, 3.05) is 9.80 Å². The highest BCUT2D eigenvalue weighted by Gasteiger charge is 2.36. The number of aromatic nitrogens is 3. The minimum Gasteiger partial charge on any atom is -0.309 e. The predicted molar refractivity (Wildman–Crippen MR) is 249 cm³/mol. The van der Waals surface area contributed by atoms with Crippen LogP contribution in [0.4, 0.5) is 38.8 Å². The molecule has 10 aromatic rings. The number of fused-ring (bicyclic) bond motifs is 6. The number of halogens is 1. The summed E-state index contributed by atoms with van der Waals surface area (Å²) in [7, 11) is 0. The summed E-state index contributed by atoms with van der Waals surface area (Å²) in [5.74, 6) is 1.19. The molecular formula is C55H40FN5. The molecule has 292 valence electrons. The van der Waals surface area contributed by atoms with Gasteiger partial charge in [-0.1, -0.05) is 98.8 Å². The molecule has 61 heavy (non-hydrogen) atoms. The Hall–Kier alpha value is -7.83. The van der Waals surface area contributed by atoms with Crippen molar-refractivity contribution in [3.63, 3.8) is 0 Å². The van der Waals surface area contributed by atoms with Gasteiger partial charge in [-0.3, -0.25) is 9.80 Å². The summed E-state index contributed by atoms with van der Waals surface area (Å²) in [5, 5.41) is 2.34. The second-order valence-electron chi connectivity index (χ2n) is 16.1. The predicted octanol–water partition coefficient (Wildman–Crippen LogP) is 14.6. The van der Waals surface area contributed by atoms with E-state index in [2.05, 4.69) is 168 Å². The molecule has 1 aliphatic carbocycles. The third-order valence-electron chi connectivity index (χ3n) is 12.1.